The highest BCUT2D eigenvalue weighted by molar-refractivity contribution is 5.92. The summed E-state index contributed by atoms with van der Waals surface area (Å²) in [5.41, 5.74) is 1.42. The predicted molar refractivity (Wildman–Crippen MR) is 101 cm³/mol. The molecule has 1 aromatic heterocycles. The monoisotopic (exact) mass is 367 g/mol. The normalized spacial score (nSPS) is 10.4. The van der Waals surface area contributed by atoms with E-state index < -0.39 is 0 Å². The Morgan fingerprint density at radius 3 is 2.52 bits per heavy atom. The summed E-state index contributed by atoms with van der Waals surface area (Å²) in [5.74, 6) is 2.18. The second-order valence-corrected chi connectivity index (χ2v) is 5.81. The fourth-order valence-corrected chi connectivity index (χ4v) is 2.66. The van der Waals surface area contributed by atoms with Gasteiger partial charge in [-0.3, -0.25) is 4.79 Å². The Bertz CT molecular complexity index is 908. The van der Waals surface area contributed by atoms with Crippen molar-refractivity contribution in [2.75, 3.05) is 19.5 Å². The number of para-hydroxylation sites is 3. The molecule has 0 spiro atoms. The maximum absolute atomic E-state index is 12.1. The quantitative estimate of drug-likeness (QED) is 0.653. The van der Waals surface area contributed by atoms with Crippen LogP contribution < -0.4 is 14.8 Å². The van der Waals surface area contributed by atoms with Crippen molar-refractivity contribution in [1.29, 1.82) is 0 Å². The van der Waals surface area contributed by atoms with Crippen LogP contribution >= 0.6 is 0 Å². The van der Waals surface area contributed by atoms with Gasteiger partial charge < -0.3 is 19.3 Å². The smallest absolute Gasteiger partial charge is 0.226 e. The Labute approximate surface area is 157 Å². The van der Waals surface area contributed by atoms with Gasteiger partial charge in [-0.2, -0.15) is 4.98 Å². The molecule has 0 atom stereocenters. The molecule has 7 nitrogen and oxygen atoms in total. The van der Waals surface area contributed by atoms with Crippen LogP contribution in [0.3, 0.4) is 0 Å². The number of anilines is 1. The first-order valence-corrected chi connectivity index (χ1v) is 8.60. The highest BCUT2D eigenvalue weighted by Gasteiger charge is 2.13. The zero-order valence-corrected chi connectivity index (χ0v) is 15.3. The van der Waals surface area contributed by atoms with Gasteiger partial charge >= 0.3 is 0 Å². The summed E-state index contributed by atoms with van der Waals surface area (Å²) in [7, 11) is 3.17. The number of ether oxygens (including phenoxy) is 2. The molecule has 0 saturated heterocycles. The van der Waals surface area contributed by atoms with Gasteiger partial charge in [0.05, 0.1) is 25.5 Å². The number of methoxy groups -OCH3 is 2. The summed E-state index contributed by atoms with van der Waals surface area (Å²) < 4.78 is 15.8. The van der Waals surface area contributed by atoms with Gasteiger partial charge in [-0.25, -0.2) is 0 Å². The molecule has 1 amide bonds. The Morgan fingerprint density at radius 2 is 1.74 bits per heavy atom. The summed E-state index contributed by atoms with van der Waals surface area (Å²) in [4.78, 5) is 16.5. The lowest BCUT2D eigenvalue weighted by molar-refractivity contribution is -0.116. The van der Waals surface area contributed by atoms with Crippen molar-refractivity contribution in [3.05, 3.63) is 54.4 Å². The Kier molecular flexibility index (Phi) is 6.04. The number of hydrogen-bond donors (Lipinski definition) is 1. The van der Waals surface area contributed by atoms with E-state index in [2.05, 4.69) is 15.5 Å². The second kappa shape index (κ2) is 8.84. The van der Waals surface area contributed by atoms with Gasteiger partial charge in [-0.1, -0.05) is 29.4 Å². The topological polar surface area (TPSA) is 86.5 Å². The molecule has 0 bridgehead atoms. The molecular formula is C20H21N3O4. The molecule has 0 fully saturated rings. The maximum Gasteiger partial charge on any atom is 0.226 e. The standard InChI is InChI=1S/C20H21N3O4/c1-25-16-10-5-3-8-14(16)20-22-19(27-23-20)13-7-12-18(24)21-15-9-4-6-11-17(15)26-2/h3-6,8-11H,7,12-13H2,1-2H3,(H,21,24). The van der Waals surface area contributed by atoms with E-state index >= 15 is 0 Å². The molecule has 0 aliphatic rings. The Balaban J connectivity index is 1.54. The second-order valence-electron chi connectivity index (χ2n) is 5.81. The third-order valence-electron chi connectivity index (χ3n) is 3.99. The van der Waals surface area contributed by atoms with Gasteiger partial charge in [-0.15, -0.1) is 0 Å². The lowest BCUT2D eigenvalue weighted by Crippen LogP contribution is -2.12. The predicted octanol–water partition coefficient (Wildman–Crippen LogP) is 3.72. The minimum Gasteiger partial charge on any atom is -0.496 e. The van der Waals surface area contributed by atoms with Crippen LogP contribution in [0.25, 0.3) is 11.4 Å². The molecule has 0 unspecified atom stereocenters. The highest BCUT2D eigenvalue weighted by Crippen LogP contribution is 2.27. The number of aryl methyl sites for hydroxylation is 1. The van der Waals surface area contributed by atoms with E-state index in [-0.39, 0.29) is 5.91 Å². The number of hydrogen-bond acceptors (Lipinski definition) is 6. The number of aromatic nitrogens is 2. The fourth-order valence-electron chi connectivity index (χ4n) is 2.66. The van der Waals surface area contributed by atoms with E-state index in [4.69, 9.17) is 14.0 Å². The van der Waals surface area contributed by atoms with Crippen molar-refractivity contribution in [2.24, 2.45) is 0 Å². The van der Waals surface area contributed by atoms with Gasteiger partial charge in [0.2, 0.25) is 17.6 Å². The minimum atomic E-state index is -0.0935. The van der Waals surface area contributed by atoms with Crippen LogP contribution in [0, 0.1) is 0 Å². The molecular weight excluding hydrogens is 346 g/mol. The maximum atomic E-state index is 12.1. The molecule has 0 aliphatic carbocycles. The van der Waals surface area contributed by atoms with Crippen LogP contribution in [0.2, 0.25) is 0 Å². The van der Waals surface area contributed by atoms with Crippen LogP contribution in [0.5, 0.6) is 11.5 Å². The molecule has 3 rings (SSSR count). The first kappa shape index (κ1) is 18.4. The van der Waals surface area contributed by atoms with Crippen LogP contribution in [0.4, 0.5) is 5.69 Å². The Morgan fingerprint density at radius 1 is 1.04 bits per heavy atom. The van der Waals surface area contributed by atoms with Crippen molar-refractivity contribution in [2.45, 2.75) is 19.3 Å². The number of carbonyl (C=O) groups excluding carboxylic acids is 1. The van der Waals surface area contributed by atoms with Crippen molar-refractivity contribution in [3.8, 4) is 22.9 Å². The van der Waals surface area contributed by atoms with Gasteiger partial charge in [0.1, 0.15) is 11.5 Å². The number of amides is 1. The van der Waals surface area contributed by atoms with E-state index in [9.17, 15) is 4.79 Å². The van der Waals surface area contributed by atoms with Crippen LogP contribution in [0.15, 0.2) is 53.1 Å². The average Bonchev–Trinajstić information content (AvgIpc) is 3.17. The molecule has 27 heavy (non-hydrogen) atoms. The van der Waals surface area contributed by atoms with Crippen LogP contribution in [-0.2, 0) is 11.2 Å². The number of benzene rings is 2. The van der Waals surface area contributed by atoms with Crippen molar-refractivity contribution in [1.82, 2.24) is 10.1 Å². The number of rotatable bonds is 8. The molecule has 1 N–H and O–H groups in total. The summed E-state index contributed by atoms with van der Waals surface area (Å²) in [5, 5.41) is 6.85. The summed E-state index contributed by atoms with van der Waals surface area (Å²) in [6.45, 7) is 0. The first-order chi connectivity index (χ1) is 13.2. The molecule has 140 valence electrons. The molecule has 1 heterocycles. The lowest BCUT2D eigenvalue weighted by Gasteiger charge is -2.09. The molecule has 3 aromatic rings. The third-order valence-corrected chi connectivity index (χ3v) is 3.99. The van der Waals surface area contributed by atoms with Gasteiger partial charge in [0, 0.05) is 12.8 Å². The number of nitrogens with one attached hydrogen (secondary N) is 1. The zero-order chi connectivity index (χ0) is 19.1. The van der Waals surface area contributed by atoms with E-state index in [1.165, 1.54) is 0 Å². The minimum absolute atomic E-state index is 0.0935. The van der Waals surface area contributed by atoms with Crippen molar-refractivity contribution < 1.29 is 18.8 Å². The van der Waals surface area contributed by atoms with E-state index in [0.29, 0.717) is 48.2 Å². The van der Waals surface area contributed by atoms with Crippen molar-refractivity contribution in [3.63, 3.8) is 0 Å². The van der Waals surface area contributed by atoms with Gasteiger partial charge in [0.15, 0.2) is 0 Å². The fraction of sp³-hybridized carbons (Fsp3) is 0.250. The zero-order valence-electron chi connectivity index (χ0n) is 15.3. The highest BCUT2D eigenvalue weighted by atomic mass is 16.5. The van der Waals surface area contributed by atoms with Crippen LogP contribution in [-0.4, -0.2) is 30.3 Å². The van der Waals surface area contributed by atoms with E-state index in [0.717, 1.165) is 5.56 Å². The van der Waals surface area contributed by atoms with Gasteiger partial charge in [0.25, 0.3) is 0 Å². The molecule has 0 radical (unpaired) electrons. The van der Waals surface area contributed by atoms with E-state index in [1.54, 1.807) is 26.4 Å². The SMILES string of the molecule is COc1ccccc1NC(=O)CCCc1nc(-c2ccccc2OC)no1. The molecule has 0 saturated carbocycles. The molecule has 2 aromatic carbocycles. The van der Waals surface area contributed by atoms with Gasteiger partial charge in [-0.05, 0) is 30.7 Å². The first-order valence-electron chi connectivity index (χ1n) is 8.60. The molecule has 7 heteroatoms. The Hall–Kier alpha value is -3.35. The largest absolute Gasteiger partial charge is 0.496 e. The molecule has 0 aliphatic heterocycles. The lowest BCUT2D eigenvalue weighted by atomic mass is 10.2. The summed E-state index contributed by atoms with van der Waals surface area (Å²) >= 11 is 0. The third kappa shape index (κ3) is 4.63. The number of carbonyl (C=O) groups is 1. The summed E-state index contributed by atoms with van der Waals surface area (Å²) in [6.07, 6.45) is 1.44. The summed E-state index contributed by atoms with van der Waals surface area (Å²) in [6, 6.07) is 14.8. The van der Waals surface area contributed by atoms with E-state index in [1.807, 2.05) is 36.4 Å². The van der Waals surface area contributed by atoms with Crippen molar-refractivity contribution >= 4 is 11.6 Å². The number of nitrogens with zero attached hydrogens (tertiary/aromatic N) is 2. The van der Waals surface area contributed by atoms with Crippen LogP contribution in [0.1, 0.15) is 18.7 Å². The average molecular weight is 367 g/mol.